The highest BCUT2D eigenvalue weighted by Crippen LogP contribution is 2.58. The van der Waals surface area contributed by atoms with E-state index in [2.05, 4.69) is 9.97 Å². The summed E-state index contributed by atoms with van der Waals surface area (Å²) in [5.41, 5.74) is -0.822. The third-order valence-corrected chi connectivity index (χ3v) is 5.20. The summed E-state index contributed by atoms with van der Waals surface area (Å²) in [5.74, 6) is 0.0610. The molecule has 2 fully saturated rings. The molecule has 1 spiro atoms. The molecule has 0 bridgehead atoms. The molecule has 1 aliphatic carbocycles. The molecule has 3 rings (SSSR count). The van der Waals surface area contributed by atoms with E-state index in [0.29, 0.717) is 18.8 Å². The number of hydrogen-bond acceptors (Lipinski definition) is 5. The SMILES string of the molecule is CC(C)(C)OC(=O)N1CC2(CC(C(O)(CCO)c3cnc[nH]3)C2)C1. The van der Waals surface area contributed by atoms with Gasteiger partial charge < -0.3 is 24.8 Å². The van der Waals surface area contributed by atoms with Gasteiger partial charge in [-0.3, -0.25) is 0 Å². The molecule has 7 heteroatoms. The molecule has 24 heavy (non-hydrogen) atoms. The molecule has 1 unspecified atom stereocenters. The summed E-state index contributed by atoms with van der Waals surface area (Å²) in [6.07, 6.45) is 4.85. The van der Waals surface area contributed by atoms with Crippen LogP contribution in [0.3, 0.4) is 0 Å². The van der Waals surface area contributed by atoms with Crippen molar-refractivity contribution in [3.05, 3.63) is 18.2 Å². The Labute approximate surface area is 142 Å². The molecule has 2 aliphatic rings. The molecular formula is C17H27N3O4. The summed E-state index contributed by atoms with van der Waals surface area (Å²) in [7, 11) is 0. The number of H-pyrrole nitrogens is 1. The number of aliphatic hydroxyl groups is 2. The second-order valence-corrected chi connectivity index (χ2v) is 8.30. The average molecular weight is 337 g/mol. The van der Waals surface area contributed by atoms with Gasteiger partial charge in [0.15, 0.2) is 0 Å². The Balaban J connectivity index is 1.57. The molecule has 134 valence electrons. The number of hydrogen-bond donors (Lipinski definition) is 3. The van der Waals surface area contributed by atoms with Crippen LogP contribution in [0.4, 0.5) is 4.79 Å². The van der Waals surface area contributed by atoms with Crippen LogP contribution in [-0.4, -0.2) is 56.5 Å². The van der Waals surface area contributed by atoms with Gasteiger partial charge in [-0.15, -0.1) is 0 Å². The number of nitrogens with zero attached hydrogens (tertiary/aromatic N) is 2. The van der Waals surface area contributed by atoms with E-state index < -0.39 is 11.2 Å². The quantitative estimate of drug-likeness (QED) is 0.775. The van der Waals surface area contributed by atoms with Crippen molar-refractivity contribution in [2.75, 3.05) is 19.7 Å². The van der Waals surface area contributed by atoms with Crippen molar-refractivity contribution in [1.82, 2.24) is 14.9 Å². The highest BCUT2D eigenvalue weighted by atomic mass is 16.6. The Morgan fingerprint density at radius 1 is 1.46 bits per heavy atom. The fraction of sp³-hybridized carbons (Fsp3) is 0.765. The van der Waals surface area contributed by atoms with E-state index in [4.69, 9.17) is 4.74 Å². The Bertz CT molecular complexity index is 581. The van der Waals surface area contributed by atoms with E-state index in [0.717, 1.165) is 12.8 Å². The molecular weight excluding hydrogens is 310 g/mol. The van der Waals surface area contributed by atoms with Crippen LogP contribution in [0.5, 0.6) is 0 Å². The van der Waals surface area contributed by atoms with E-state index in [9.17, 15) is 15.0 Å². The lowest BCUT2D eigenvalue weighted by molar-refractivity contribution is -0.168. The summed E-state index contributed by atoms with van der Waals surface area (Å²) in [6.45, 7) is 6.86. The van der Waals surface area contributed by atoms with E-state index in [1.54, 1.807) is 17.4 Å². The van der Waals surface area contributed by atoms with Gasteiger partial charge in [-0.2, -0.15) is 0 Å². The van der Waals surface area contributed by atoms with Gasteiger partial charge in [-0.05, 0) is 39.5 Å². The van der Waals surface area contributed by atoms with Crippen LogP contribution in [0, 0.1) is 11.3 Å². The first-order valence-corrected chi connectivity index (χ1v) is 8.47. The van der Waals surface area contributed by atoms with Gasteiger partial charge in [0, 0.05) is 31.5 Å². The Morgan fingerprint density at radius 3 is 2.62 bits per heavy atom. The first-order valence-electron chi connectivity index (χ1n) is 8.47. The van der Waals surface area contributed by atoms with E-state index in [1.165, 1.54) is 0 Å². The molecule has 2 heterocycles. The van der Waals surface area contributed by atoms with Crippen LogP contribution in [0.2, 0.25) is 0 Å². The van der Waals surface area contributed by atoms with Crippen molar-refractivity contribution in [1.29, 1.82) is 0 Å². The molecule has 1 aromatic heterocycles. The van der Waals surface area contributed by atoms with Crippen LogP contribution >= 0.6 is 0 Å². The second-order valence-electron chi connectivity index (χ2n) is 8.30. The van der Waals surface area contributed by atoms with Crippen LogP contribution < -0.4 is 0 Å². The third kappa shape index (κ3) is 3.02. The maximum Gasteiger partial charge on any atom is 0.410 e. The Morgan fingerprint density at radius 2 is 2.12 bits per heavy atom. The minimum absolute atomic E-state index is 0.0610. The van der Waals surface area contributed by atoms with Gasteiger partial charge in [-0.1, -0.05) is 0 Å². The smallest absolute Gasteiger partial charge is 0.410 e. The number of carbonyl (C=O) groups is 1. The molecule has 0 radical (unpaired) electrons. The number of imidazole rings is 1. The summed E-state index contributed by atoms with van der Waals surface area (Å²) in [5, 5.41) is 20.4. The Hall–Kier alpha value is -1.60. The number of rotatable bonds is 4. The number of carbonyl (C=O) groups excluding carboxylic acids is 1. The van der Waals surface area contributed by atoms with Crippen molar-refractivity contribution < 1.29 is 19.7 Å². The fourth-order valence-electron chi connectivity index (χ4n) is 4.02. The van der Waals surface area contributed by atoms with Crippen molar-refractivity contribution in [3.63, 3.8) is 0 Å². The standard InChI is InChI=1S/C17H27N3O4/c1-15(2,3)24-14(22)20-9-16(10-20)6-12(7-16)17(23,4-5-21)13-8-18-11-19-13/h8,11-12,21,23H,4-7,9-10H2,1-3H3,(H,18,19). The summed E-state index contributed by atoms with van der Waals surface area (Å²) in [4.78, 5) is 20.7. The fourth-order valence-corrected chi connectivity index (χ4v) is 4.02. The first kappa shape index (κ1) is 17.2. The first-order chi connectivity index (χ1) is 11.2. The van der Waals surface area contributed by atoms with E-state index in [1.807, 2.05) is 20.8 Å². The van der Waals surface area contributed by atoms with E-state index in [-0.39, 0.29) is 30.5 Å². The number of aromatic nitrogens is 2. The minimum Gasteiger partial charge on any atom is -0.444 e. The Kier molecular flexibility index (Phi) is 4.12. The predicted molar refractivity (Wildman–Crippen MR) is 87.2 cm³/mol. The lowest BCUT2D eigenvalue weighted by Crippen LogP contribution is -2.66. The third-order valence-electron chi connectivity index (χ3n) is 5.20. The average Bonchev–Trinajstić information content (AvgIpc) is 2.87. The number of ether oxygens (including phenoxy) is 1. The normalized spacial score (nSPS) is 22.6. The molecule has 1 aromatic rings. The van der Waals surface area contributed by atoms with Gasteiger partial charge in [0.25, 0.3) is 0 Å². The highest BCUT2D eigenvalue weighted by molar-refractivity contribution is 5.69. The van der Waals surface area contributed by atoms with Gasteiger partial charge in [-0.25, -0.2) is 9.78 Å². The number of aromatic amines is 1. The predicted octanol–water partition coefficient (Wildman–Crippen LogP) is 1.63. The summed E-state index contributed by atoms with van der Waals surface area (Å²) in [6, 6.07) is 0. The monoisotopic (exact) mass is 337 g/mol. The number of nitrogens with one attached hydrogen (secondary N) is 1. The molecule has 1 amide bonds. The lowest BCUT2D eigenvalue weighted by atomic mass is 9.52. The van der Waals surface area contributed by atoms with Crippen LogP contribution in [-0.2, 0) is 10.3 Å². The second kappa shape index (κ2) is 5.74. The van der Waals surface area contributed by atoms with Crippen LogP contribution in [0.1, 0.15) is 45.7 Å². The van der Waals surface area contributed by atoms with Crippen molar-refractivity contribution in [3.8, 4) is 0 Å². The maximum atomic E-state index is 12.0. The zero-order valence-corrected chi connectivity index (χ0v) is 14.6. The molecule has 3 N–H and O–H groups in total. The molecule has 1 aliphatic heterocycles. The number of aliphatic hydroxyl groups excluding tert-OH is 1. The number of likely N-dealkylation sites (tertiary alicyclic amines) is 1. The van der Waals surface area contributed by atoms with Gasteiger partial charge in [0.05, 0.1) is 18.2 Å². The van der Waals surface area contributed by atoms with Crippen molar-refractivity contribution in [2.45, 2.75) is 51.2 Å². The van der Waals surface area contributed by atoms with Crippen molar-refractivity contribution in [2.24, 2.45) is 11.3 Å². The lowest BCUT2D eigenvalue weighted by Gasteiger charge is -2.61. The largest absolute Gasteiger partial charge is 0.444 e. The van der Waals surface area contributed by atoms with Crippen LogP contribution in [0.25, 0.3) is 0 Å². The van der Waals surface area contributed by atoms with Gasteiger partial charge in [0.1, 0.15) is 11.2 Å². The van der Waals surface area contributed by atoms with Gasteiger partial charge in [0.2, 0.25) is 0 Å². The zero-order valence-electron chi connectivity index (χ0n) is 14.6. The maximum absolute atomic E-state index is 12.0. The molecule has 1 atom stereocenters. The summed E-state index contributed by atoms with van der Waals surface area (Å²) < 4.78 is 5.39. The molecule has 1 saturated heterocycles. The summed E-state index contributed by atoms with van der Waals surface area (Å²) >= 11 is 0. The molecule has 1 saturated carbocycles. The van der Waals surface area contributed by atoms with Gasteiger partial charge >= 0.3 is 6.09 Å². The molecule has 7 nitrogen and oxygen atoms in total. The van der Waals surface area contributed by atoms with Crippen LogP contribution in [0.15, 0.2) is 12.5 Å². The zero-order chi connectivity index (χ0) is 17.6. The highest BCUT2D eigenvalue weighted by Gasteiger charge is 2.59. The number of amides is 1. The molecule has 0 aromatic carbocycles. The minimum atomic E-state index is -1.08. The van der Waals surface area contributed by atoms with Crippen molar-refractivity contribution >= 4 is 6.09 Å². The topological polar surface area (TPSA) is 98.7 Å². The van der Waals surface area contributed by atoms with E-state index >= 15 is 0 Å².